The summed E-state index contributed by atoms with van der Waals surface area (Å²) in [5.74, 6) is 0.254. The fraction of sp³-hybridized carbons (Fsp3) is 0.955. The monoisotopic (exact) mass is 416 g/mol. The second-order valence-corrected chi connectivity index (χ2v) is 11.7. The van der Waals surface area contributed by atoms with Crippen molar-refractivity contribution in [3.63, 3.8) is 0 Å². The van der Waals surface area contributed by atoms with Crippen molar-refractivity contribution < 1.29 is 22.1 Å². The molecule has 0 heterocycles. The minimum absolute atomic E-state index is 0.0437. The molecule has 0 saturated heterocycles. The van der Waals surface area contributed by atoms with E-state index in [1.807, 2.05) is 13.8 Å². The first-order valence-corrected chi connectivity index (χ1v) is 12.5. The molecule has 1 unspecified atom stereocenters. The first-order valence-electron chi connectivity index (χ1n) is 11.0. The maximum atomic E-state index is 12.7. The molecule has 0 amide bonds. The first kappa shape index (κ1) is 23.7. The summed E-state index contributed by atoms with van der Waals surface area (Å²) in [6.45, 7) is 8.43. The van der Waals surface area contributed by atoms with E-state index < -0.39 is 15.5 Å². The summed E-state index contributed by atoms with van der Waals surface area (Å²) in [7, 11) is -2.03. The van der Waals surface area contributed by atoms with Crippen LogP contribution in [0, 0.1) is 16.7 Å². The van der Waals surface area contributed by atoms with E-state index in [0.717, 1.165) is 51.4 Å². The molecule has 2 saturated carbocycles. The Morgan fingerprint density at radius 2 is 1.54 bits per heavy atom. The summed E-state index contributed by atoms with van der Waals surface area (Å²) in [5, 5.41) is -0.375. The molecule has 0 aromatic carbocycles. The smallest absolute Gasteiger partial charge is 0.311 e. The van der Waals surface area contributed by atoms with Crippen molar-refractivity contribution in [1.29, 1.82) is 0 Å². The van der Waals surface area contributed by atoms with Crippen LogP contribution in [0.1, 0.15) is 98.3 Å². The van der Waals surface area contributed by atoms with Crippen molar-refractivity contribution in [2.75, 3.05) is 7.11 Å². The Labute approximate surface area is 172 Å². The number of carbonyl (C=O) groups excluding carboxylic acids is 1. The maximum absolute atomic E-state index is 12.7. The third-order valence-electron chi connectivity index (χ3n) is 7.31. The van der Waals surface area contributed by atoms with E-state index in [1.54, 1.807) is 0 Å². The topological polar surface area (TPSA) is 69.7 Å². The van der Waals surface area contributed by atoms with Crippen molar-refractivity contribution in [1.82, 2.24) is 0 Å². The lowest BCUT2D eigenvalue weighted by atomic mass is 9.63. The number of hydrogen-bond donors (Lipinski definition) is 0. The van der Waals surface area contributed by atoms with E-state index in [1.165, 1.54) is 13.5 Å². The van der Waals surface area contributed by atoms with Gasteiger partial charge in [-0.2, -0.15) is 8.42 Å². The molecule has 2 fully saturated rings. The zero-order valence-corrected chi connectivity index (χ0v) is 19.3. The summed E-state index contributed by atoms with van der Waals surface area (Å²) in [6.07, 6.45) is 9.48. The van der Waals surface area contributed by atoms with E-state index in [2.05, 4.69) is 13.8 Å². The highest BCUT2D eigenvalue weighted by Gasteiger charge is 2.44. The van der Waals surface area contributed by atoms with Crippen molar-refractivity contribution in [3.05, 3.63) is 0 Å². The van der Waals surface area contributed by atoms with Crippen LogP contribution in [0.3, 0.4) is 0 Å². The molecule has 0 spiro atoms. The Balaban J connectivity index is 1.95. The van der Waals surface area contributed by atoms with Crippen LogP contribution in [0.25, 0.3) is 0 Å². The third kappa shape index (κ3) is 5.71. The molecule has 0 bridgehead atoms. The average Bonchev–Trinajstić information content (AvgIpc) is 2.67. The number of hydrogen-bond acceptors (Lipinski definition) is 5. The van der Waals surface area contributed by atoms with E-state index in [0.29, 0.717) is 18.8 Å². The fourth-order valence-corrected chi connectivity index (χ4v) is 6.88. The van der Waals surface area contributed by atoms with Crippen molar-refractivity contribution in [3.8, 4) is 0 Å². The highest BCUT2D eigenvalue weighted by atomic mass is 32.2. The molecule has 2 aliphatic rings. The SMILES string of the molecule is CCC(C)(CC(C)(C)C1CCC(S(=O)(=O)OC2CCCCC2)CC1)C(=O)OC. The van der Waals surface area contributed by atoms with Crippen LogP contribution in [-0.2, 0) is 23.8 Å². The number of carbonyl (C=O) groups is 1. The summed E-state index contributed by atoms with van der Waals surface area (Å²) < 4.78 is 36.1. The number of rotatable bonds is 8. The normalized spacial score (nSPS) is 27.2. The Hall–Kier alpha value is -0.620. The van der Waals surface area contributed by atoms with Gasteiger partial charge in [0.2, 0.25) is 0 Å². The minimum Gasteiger partial charge on any atom is -0.469 e. The summed E-state index contributed by atoms with van der Waals surface area (Å²) in [4.78, 5) is 12.3. The molecule has 0 aromatic heterocycles. The van der Waals surface area contributed by atoms with Crippen LogP contribution in [0.4, 0.5) is 0 Å². The van der Waals surface area contributed by atoms with Crippen LogP contribution >= 0.6 is 0 Å². The highest BCUT2D eigenvalue weighted by Crippen LogP contribution is 2.47. The number of ether oxygens (including phenoxy) is 1. The van der Waals surface area contributed by atoms with Crippen LogP contribution in [0.2, 0.25) is 0 Å². The lowest BCUT2D eigenvalue weighted by Crippen LogP contribution is -2.40. The van der Waals surface area contributed by atoms with Gasteiger partial charge in [0.25, 0.3) is 10.1 Å². The van der Waals surface area contributed by atoms with Crippen molar-refractivity contribution in [2.45, 2.75) is 110 Å². The van der Waals surface area contributed by atoms with E-state index in [-0.39, 0.29) is 22.7 Å². The molecule has 2 aliphatic carbocycles. The molecule has 5 nitrogen and oxygen atoms in total. The van der Waals surface area contributed by atoms with Gasteiger partial charge in [-0.25, -0.2) is 0 Å². The Morgan fingerprint density at radius 1 is 0.964 bits per heavy atom. The van der Waals surface area contributed by atoms with Crippen LogP contribution < -0.4 is 0 Å². The third-order valence-corrected chi connectivity index (χ3v) is 9.14. The number of methoxy groups -OCH3 is 1. The zero-order valence-electron chi connectivity index (χ0n) is 18.5. The molecule has 2 rings (SSSR count). The second-order valence-electron chi connectivity index (χ2n) is 9.89. The van der Waals surface area contributed by atoms with Gasteiger partial charge in [-0.1, -0.05) is 40.0 Å². The molecule has 0 radical (unpaired) electrons. The van der Waals surface area contributed by atoms with Crippen LogP contribution in [-0.4, -0.2) is 32.9 Å². The van der Waals surface area contributed by atoms with Gasteiger partial charge in [0.15, 0.2) is 0 Å². The second kappa shape index (κ2) is 9.46. The standard InChI is InChI=1S/C22H40O5S/c1-6-22(4,20(23)26-5)16-21(2,3)17-12-14-19(15-13-17)28(24,25)27-18-10-8-7-9-11-18/h17-19H,6-16H2,1-5H3. The fourth-order valence-electron chi connectivity index (χ4n) is 5.30. The summed E-state index contributed by atoms with van der Waals surface area (Å²) in [6, 6.07) is 0. The van der Waals surface area contributed by atoms with Gasteiger partial charge >= 0.3 is 5.97 Å². The lowest BCUT2D eigenvalue weighted by Gasteiger charge is -2.43. The maximum Gasteiger partial charge on any atom is 0.311 e. The lowest BCUT2D eigenvalue weighted by molar-refractivity contribution is -0.154. The molecular weight excluding hydrogens is 376 g/mol. The molecular formula is C22H40O5S. The molecule has 0 aliphatic heterocycles. The van der Waals surface area contributed by atoms with Crippen LogP contribution in [0.15, 0.2) is 0 Å². The van der Waals surface area contributed by atoms with Gasteiger partial charge < -0.3 is 4.74 Å². The predicted octanol–water partition coefficient (Wildman–Crippen LogP) is 5.23. The predicted molar refractivity (Wildman–Crippen MR) is 111 cm³/mol. The van der Waals surface area contributed by atoms with Crippen LogP contribution in [0.5, 0.6) is 0 Å². The van der Waals surface area contributed by atoms with E-state index in [9.17, 15) is 13.2 Å². The Bertz CT molecular complexity index is 613. The minimum atomic E-state index is -3.48. The summed E-state index contributed by atoms with van der Waals surface area (Å²) >= 11 is 0. The largest absolute Gasteiger partial charge is 0.469 e. The number of esters is 1. The molecule has 28 heavy (non-hydrogen) atoms. The van der Waals surface area contributed by atoms with Crippen molar-refractivity contribution >= 4 is 16.1 Å². The molecule has 0 N–H and O–H groups in total. The van der Waals surface area contributed by atoms with Gasteiger partial charge in [-0.05, 0) is 69.6 Å². The first-order chi connectivity index (χ1) is 13.0. The molecule has 6 heteroatoms. The Kier molecular flexibility index (Phi) is 7.99. The van der Waals surface area contributed by atoms with Gasteiger partial charge in [-0.15, -0.1) is 0 Å². The Morgan fingerprint density at radius 3 is 2.04 bits per heavy atom. The van der Waals surface area contributed by atoms with Gasteiger partial charge in [0.05, 0.1) is 23.9 Å². The highest BCUT2D eigenvalue weighted by molar-refractivity contribution is 7.87. The van der Waals surface area contributed by atoms with Gasteiger partial charge in [0, 0.05) is 0 Å². The average molecular weight is 417 g/mol. The van der Waals surface area contributed by atoms with E-state index in [4.69, 9.17) is 8.92 Å². The quantitative estimate of drug-likeness (QED) is 0.400. The van der Waals surface area contributed by atoms with Crippen molar-refractivity contribution in [2.24, 2.45) is 16.7 Å². The van der Waals surface area contributed by atoms with Gasteiger partial charge in [-0.3, -0.25) is 8.98 Å². The molecule has 0 aromatic rings. The molecule has 164 valence electrons. The van der Waals surface area contributed by atoms with E-state index >= 15 is 0 Å². The summed E-state index contributed by atoms with van der Waals surface area (Å²) in [5.41, 5.74) is -0.539. The molecule has 1 atom stereocenters. The zero-order chi connectivity index (χ0) is 21.0. The van der Waals surface area contributed by atoms with Gasteiger partial charge in [0.1, 0.15) is 0 Å².